The molecule has 6 nitrogen and oxygen atoms in total. The number of nitrogens with zero attached hydrogens (tertiary/aromatic N) is 4. The molecule has 7 heteroatoms. The van der Waals surface area contributed by atoms with Crippen LogP contribution >= 0.6 is 11.6 Å². The number of amides is 1. The van der Waals surface area contributed by atoms with E-state index in [1.165, 1.54) is 5.56 Å². The van der Waals surface area contributed by atoms with E-state index in [0.29, 0.717) is 11.4 Å². The van der Waals surface area contributed by atoms with Gasteiger partial charge in [0, 0.05) is 49.0 Å². The lowest BCUT2D eigenvalue weighted by atomic mass is 10.1. The highest BCUT2D eigenvalue weighted by atomic mass is 35.5. The van der Waals surface area contributed by atoms with Gasteiger partial charge in [0.25, 0.3) is 0 Å². The number of hydrogen-bond donors (Lipinski definition) is 0. The van der Waals surface area contributed by atoms with Gasteiger partial charge in [-0.05, 0) is 62.2 Å². The summed E-state index contributed by atoms with van der Waals surface area (Å²) in [5, 5.41) is 5.38. The SMILES string of the molecule is COc1ccc(CN2CCCN(C(=O)Cc3c(C)nn(-c4ccc(Cl)cc4)c3C)CC2)cc1. The van der Waals surface area contributed by atoms with Gasteiger partial charge in [0.05, 0.1) is 24.9 Å². The molecule has 1 fully saturated rings. The molecular weight excluding hydrogens is 436 g/mol. The quantitative estimate of drug-likeness (QED) is 0.539. The summed E-state index contributed by atoms with van der Waals surface area (Å²) in [7, 11) is 1.68. The summed E-state index contributed by atoms with van der Waals surface area (Å²) in [6, 6.07) is 15.8. The summed E-state index contributed by atoms with van der Waals surface area (Å²) < 4.78 is 7.14. The molecule has 0 aliphatic carbocycles. The van der Waals surface area contributed by atoms with Crippen molar-refractivity contribution in [1.82, 2.24) is 19.6 Å². The van der Waals surface area contributed by atoms with E-state index in [2.05, 4.69) is 22.1 Å². The maximum atomic E-state index is 13.2. The van der Waals surface area contributed by atoms with Gasteiger partial charge in [-0.1, -0.05) is 23.7 Å². The topological polar surface area (TPSA) is 50.6 Å². The van der Waals surface area contributed by atoms with Gasteiger partial charge in [0.1, 0.15) is 5.75 Å². The molecule has 1 amide bonds. The van der Waals surface area contributed by atoms with Crippen molar-refractivity contribution in [2.45, 2.75) is 33.2 Å². The molecule has 4 rings (SSSR count). The molecule has 2 aromatic carbocycles. The maximum Gasteiger partial charge on any atom is 0.227 e. The van der Waals surface area contributed by atoms with E-state index in [4.69, 9.17) is 16.3 Å². The third-order valence-corrected chi connectivity index (χ3v) is 6.60. The fourth-order valence-corrected chi connectivity index (χ4v) is 4.52. The number of carbonyl (C=O) groups is 1. The Balaban J connectivity index is 1.38. The minimum atomic E-state index is 0.170. The lowest BCUT2D eigenvalue weighted by molar-refractivity contribution is -0.130. The number of benzene rings is 2. The van der Waals surface area contributed by atoms with Crippen LogP contribution in [-0.4, -0.2) is 58.8 Å². The lowest BCUT2D eigenvalue weighted by Gasteiger charge is -2.22. The highest BCUT2D eigenvalue weighted by Crippen LogP contribution is 2.21. The zero-order valence-corrected chi connectivity index (χ0v) is 20.3. The number of methoxy groups -OCH3 is 1. The molecule has 1 aliphatic heterocycles. The normalized spacial score (nSPS) is 14.8. The Hall–Kier alpha value is -2.83. The fourth-order valence-electron chi connectivity index (χ4n) is 4.40. The van der Waals surface area contributed by atoms with Crippen LogP contribution in [0.2, 0.25) is 5.02 Å². The average molecular weight is 467 g/mol. The van der Waals surface area contributed by atoms with Crippen molar-refractivity contribution in [3.05, 3.63) is 76.1 Å². The predicted molar refractivity (Wildman–Crippen MR) is 131 cm³/mol. The molecule has 33 heavy (non-hydrogen) atoms. The van der Waals surface area contributed by atoms with Gasteiger partial charge >= 0.3 is 0 Å². The Labute approximate surface area is 200 Å². The molecule has 1 saturated heterocycles. The number of rotatable bonds is 6. The molecule has 1 aromatic heterocycles. The summed E-state index contributed by atoms with van der Waals surface area (Å²) in [6.07, 6.45) is 1.35. The molecule has 0 saturated carbocycles. The summed E-state index contributed by atoms with van der Waals surface area (Å²) >= 11 is 6.02. The van der Waals surface area contributed by atoms with E-state index in [1.807, 2.05) is 59.8 Å². The minimum absolute atomic E-state index is 0.170. The van der Waals surface area contributed by atoms with Crippen LogP contribution < -0.4 is 4.74 Å². The van der Waals surface area contributed by atoms with Crippen LogP contribution in [0.25, 0.3) is 5.69 Å². The van der Waals surface area contributed by atoms with Crippen LogP contribution in [0.15, 0.2) is 48.5 Å². The van der Waals surface area contributed by atoms with E-state index in [1.54, 1.807) is 7.11 Å². The van der Waals surface area contributed by atoms with Crippen molar-refractivity contribution in [3.8, 4) is 11.4 Å². The molecule has 0 N–H and O–H groups in total. The van der Waals surface area contributed by atoms with E-state index in [9.17, 15) is 4.79 Å². The monoisotopic (exact) mass is 466 g/mol. The fraction of sp³-hybridized carbons (Fsp3) is 0.385. The van der Waals surface area contributed by atoms with Gasteiger partial charge in [-0.2, -0.15) is 5.10 Å². The molecule has 0 radical (unpaired) electrons. The predicted octanol–water partition coefficient (Wildman–Crippen LogP) is 4.43. The second kappa shape index (κ2) is 10.4. The Kier molecular flexibility index (Phi) is 7.36. The van der Waals surface area contributed by atoms with Gasteiger partial charge in [-0.25, -0.2) is 4.68 Å². The zero-order chi connectivity index (χ0) is 23.4. The Morgan fingerprint density at radius 3 is 2.42 bits per heavy atom. The van der Waals surface area contributed by atoms with Gasteiger partial charge < -0.3 is 9.64 Å². The highest BCUT2D eigenvalue weighted by Gasteiger charge is 2.22. The van der Waals surface area contributed by atoms with Crippen molar-refractivity contribution in [1.29, 1.82) is 0 Å². The number of hydrogen-bond acceptors (Lipinski definition) is 4. The van der Waals surface area contributed by atoms with Gasteiger partial charge in [-0.15, -0.1) is 0 Å². The van der Waals surface area contributed by atoms with Crippen molar-refractivity contribution in [2.75, 3.05) is 33.3 Å². The third kappa shape index (κ3) is 5.57. The standard InChI is InChI=1S/C26H31ClN4O2/c1-19-25(20(2)31(28-19)23-9-7-22(27)8-10-23)17-26(32)30-14-4-13-29(15-16-30)18-21-5-11-24(33-3)12-6-21/h5-12H,4,13-18H2,1-3H3. The van der Waals surface area contributed by atoms with Crippen molar-refractivity contribution >= 4 is 17.5 Å². The average Bonchev–Trinajstić information content (AvgIpc) is 2.97. The van der Waals surface area contributed by atoms with E-state index < -0.39 is 0 Å². The van der Waals surface area contributed by atoms with Crippen molar-refractivity contribution in [2.24, 2.45) is 0 Å². The third-order valence-electron chi connectivity index (χ3n) is 6.35. The van der Waals surface area contributed by atoms with E-state index in [-0.39, 0.29) is 5.91 Å². The van der Waals surface area contributed by atoms with Gasteiger partial charge in [0.2, 0.25) is 5.91 Å². The van der Waals surface area contributed by atoms with Crippen LogP contribution in [-0.2, 0) is 17.8 Å². The maximum absolute atomic E-state index is 13.2. The number of carbonyl (C=O) groups excluding carboxylic acids is 1. The van der Waals surface area contributed by atoms with Gasteiger partial charge in [-0.3, -0.25) is 9.69 Å². The molecule has 3 aromatic rings. The number of aromatic nitrogens is 2. The first-order chi connectivity index (χ1) is 15.9. The van der Waals surface area contributed by atoms with Crippen LogP contribution in [0.1, 0.15) is 28.9 Å². The summed E-state index contributed by atoms with van der Waals surface area (Å²) in [5.41, 5.74) is 5.11. The molecule has 0 atom stereocenters. The van der Waals surface area contributed by atoms with Crippen molar-refractivity contribution < 1.29 is 9.53 Å². The van der Waals surface area contributed by atoms with Crippen LogP contribution in [0.5, 0.6) is 5.75 Å². The van der Waals surface area contributed by atoms with Crippen LogP contribution in [0.4, 0.5) is 0 Å². The molecule has 1 aliphatic rings. The molecule has 174 valence electrons. The Bertz CT molecular complexity index is 1090. The second-order valence-corrected chi connectivity index (χ2v) is 9.01. The molecule has 2 heterocycles. The van der Waals surface area contributed by atoms with Crippen LogP contribution in [0, 0.1) is 13.8 Å². The lowest BCUT2D eigenvalue weighted by Crippen LogP contribution is -2.36. The second-order valence-electron chi connectivity index (χ2n) is 8.57. The van der Waals surface area contributed by atoms with Gasteiger partial charge in [0.15, 0.2) is 0 Å². The first-order valence-electron chi connectivity index (χ1n) is 11.4. The Morgan fingerprint density at radius 1 is 1.00 bits per heavy atom. The summed E-state index contributed by atoms with van der Waals surface area (Å²) in [4.78, 5) is 17.6. The zero-order valence-electron chi connectivity index (χ0n) is 19.6. The summed E-state index contributed by atoms with van der Waals surface area (Å²) in [6.45, 7) is 8.29. The number of aryl methyl sites for hydroxylation is 1. The molecule has 0 spiro atoms. The van der Waals surface area contributed by atoms with E-state index in [0.717, 1.165) is 67.5 Å². The smallest absolute Gasteiger partial charge is 0.227 e. The highest BCUT2D eigenvalue weighted by molar-refractivity contribution is 6.30. The number of ether oxygens (including phenoxy) is 1. The molecule has 0 bridgehead atoms. The molecular formula is C26H31ClN4O2. The molecule has 0 unspecified atom stereocenters. The number of halogens is 1. The van der Waals surface area contributed by atoms with Crippen molar-refractivity contribution in [3.63, 3.8) is 0 Å². The minimum Gasteiger partial charge on any atom is -0.497 e. The van der Waals surface area contributed by atoms with E-state index >= 15 is 0 Å². The first-order valence-corrected chi connectivity index (χ1v) is 11.8. The summed E-state index contributed by atoms with van der Waals surface area (Å²) in [5.74, 6) is 1.04. The first kappa shape index (κ1) is 23.3. The van der Waals surface area contributed by atoms with Crippen LogP contribution in [0.3, 0.4) is 0 Å². The Morgan fingerprint density at radius 2 is 1.73 bits per heavy atom. The largest absolute Gasteiger partial charge is 0.497 e.